The van der Waals surface area contributed by atoms with E-state index in [2.05, 4.69) is 107 Å². The number of rotatable bonds is 13. The average Bonchev–Trinajstić information content (AvgIpc) is 3.69. The van der Waals surface area contributed by atoms with Gasteiger partial charge in [0, 0.05) is 72.1 Å². The van der Waals surface area contributed by atoms with Crippen molar-refractivity contribution in [1.82, 2.24) is 36.8 Å². The van der Waals surface area contributed by atoms with E-state index in [1.165, 1.54) is 32.6 Å². The summed E-state index contributed by atoms with van der Waals surface area (Å²) in [5, 5.41) is 19.4. The number of nitrogens with one attached hydrogen (secondary N) is 4. The first-order chi connectivity index (χ1) is 24.4. The van der Waals surface area contributed by atoms with Crippen molar-refractivity contribution in [3.63, 3.8) is 0 Å². The molecule has 0 spiro atoms. The summed E-state index contributed by atoms with van der Waals surface area (Å²) >= 11 is 7.39. The molecule has 3 aliphatic rings. The molecule has 0 aromatic rings. The quantitative estimate of drug-likeness (QED) is 0.0484. The third-order valence-electron chi connectivity index (χ3n) is 4.80. The fourth-order valence-electron chi connectivity index (χ4n) is 2.76. The van der Waals surface area contributed by atoms with Crippen LogP contribution in [0.2, 0.25) is 0 Å². The molecule has 0 radical (unpaired) electrons. The topological polar surface area (TPSA) is 289 Å². The molecule has 0 bridgehead atoms. The molecule has 2 saturated heterocycles. The van der Waals surface area contributed by atoms with Crippen molar-refractivity contribution in [1.29, 1.82) is 0 Å². The second-order valence-electron chi connectivity index (χ2n) is 8.22. The summed E-state index contributed by atoms with van der Waals surface area (Å²) in [6.07, 6.45) is 8.63. The van der Waals surface area contributed by atoms with Crippen LogP contribution in [0.3, 0.4) is 0 Å². The molecule has 6 N–H and O–H groups in total. The van der Waals surface area contributed by atoms with Crippen LogP contribution in [-0.2, 0) is 67.4 Å². The molecule has 0 aliphatic carbocycles. The van der Waals surface area contributed by atoms with Gasteiger partial charge in [-0.2, -0.15) is 5.06 Å². The Kier molecular flexibility index (Phi) is 45.4. The monoisotopic (exact) mass is 1160 g/mol. The Morgan fingerprint density at radius 1 is 0.815 bits per heavy atom. The van der Waals surface area contributed by atoms with Crippen molar-refractivity contribution in [2.75, 3.05) is 54.1 Å². The average molecular weight is 1160 g/mol. The van der Waals surface area contributed by atoms with Crippen molar-refractivity contribution in [2.24, 2.45) is 0 Å². The molecule has 312 valence electrons. The first-order valence-electron chi connectivity index (χ1n) is 14.1. The zero-order valence-corrected chi connectivity index (χ0v) is 35.1. The summed E-state index contributed by atoms with van der Waals surface area (Å²) in [4.78, 5) is 115. The molecule has 3 rings (SSSR count). The Morgan fingerprint density at radius 2 is 1.19 bits per heavy atom. The van der Waals surface area contributed by atoms with Crippen LogP contribution in [0.25, 0.3) is 0 Å². The zero-order chi connectivity index (χ0) is 40.6. The summed E-state index contributed by atoms with van der Waals surface area (Å²) < 4.78 is 5.74. The van der Waals surface area contributed by atoms with E-state index in [1.54, 1.807) is 7.05 Å². The summed E-state index contributed by atoms with van der Waals surface area (Å²) in [5.41, 5.74) is 6.83. The molecule has 0 saturated carbocycles. The molecule has 0 aromatic carbocycles. The normalized spacial score (nSPS) is 13.5. The van der Waals surface area contributed by atoms with Crippen LogP contribution < -0.4 is 21.8 Å². The van der Waals surface area contributed by atoms with Crippen LogP contribution in [-0.4, -0.2) is 133 Å². The van der Waals surface area contributed by atoms with E-state index in [0.717, 1.165) is 4.90 Å². The number of aliphatic carboxylic acids is 1. The Balaban J connectivity index is -0.000000110. The molecule has 0 atom stereocenters. The van der Waals surface area contributed by atoms with Gasteiger partial charge < -0.3 is 15.3 Å². The van der Waals surface area contributed by atoms with Crippen molar-refractivity contribution in [2.45, 2.75) is 48.0 Å². The van der Waals surface area contributed by atoms with Gasteiger partial charge >= 0.3 is 78.2 Å². The van der Waals surface area contributed by atoms with Gasteiger partial charge in [-0.3, -0.25) is 58.2 Å². The van der Waals surface area contributed by atoms with E-state index < -0.39 is 35.6 Å². The molecular formula is C28H50I3N7O15V+. The molecule has 22 nitrogen and oxygen atoms in total. The maximum absolute atomic E-state index is 11.1. The van der Waals surface area contributed by atoms with Crippen LogP contribution in [0.4, 0.5) is 0 Å². The molecule has 54 heavy (non-hydrogen) atoms. The first kappa shape index (κ1) is 60.9. The number of hydrogen-bond acceptors (Lipinski definition) is 17. The Hall–Kier alpha value is -2.38. The standard InChI is InChI=1S/C9H13N3O4.C7H10N2O5.C4H5NO3.C3H7NO3.C2H2.3CH4.3HI.V/c1-10-16-6-7(13)11-4-5-12-8(14)2-3-9(12)15;1-8-13-4-7(12)14-9-5(10)2-3-6(9)11;6-3-1-2-4(7)5(3)8;1-4-7-2-3(5)6;1-2;;;;;;;/h2-3,10H,4-6H2,1H3,(H,11,13);8H,2-4H2,1H3;8H,1-2H2;4H,2H2,1H3,(H,5,6);1-2H;3*1H4;3*1H;/q;;;;;;;;;;;+3/p-2/i;;;;1D;;;;;;;. The molecular weight excluding hydrogens is 1110 g/mol. The first-order valence-corrected chi connectivity index (χ1v) is 27.1. The number of halogens is 3. The van der Waals surface area contributed by atoms with Gasteiger partial charge in [0.25, 0.3) is 35.4 Å². The van der Waals surface area contributed by atoms with E-state index in [4.69, 9.17) is 11.7 Å². The number of hydroxylamine groups is 7. The second-order valence-corrected chi connectivity index (χ2v) is 43.6. The molecule has 2 fully saturated rings. The fraction of sp³-hybridized carbons (Fsp3) is 0.536. The third kappa shape index (κ3) is 34.1. The van der Waals surface area contributed by atoms with Gasteiger partial charge in [0.1, 0.15) is 7.98 Å². The van der Waals surface area contributed by atoms with Crippen LogP contribution in [0, 0.1) is 12.8 Å². The number of terminal acetylenes is 1. The predicted octanol–water partition coefficient (Wildman–Crippen LogP) is 0.595. The minimum absolute atomic E-state index is 0. The molecule has 3 heterocycles. The number of carboxylic acid groups (broad SMARTS) is 1. The van der Waals surface area contributed by atoms with Crippen LogP contribution in [0.1, 0.15) is 50.8 Å². The number of nitrogens with zero attached hydrogens (tertiary/aromatic N) is 3. The predicted molar refractivity (Wildman–Crippen MR) is 215 cm³/mol. The minimum atomic E-state index is -0.977. The van der Waals surface area contributed by atoms with Crippen LogP contribution >= 0.6 is 59.9 Å². The van der Waals surface area contributed by atoms with Gasteiger partial charge in [0.05, 0.1) is 0 Å². The van der Waals surface area contributed by atoms with Crippen LogP contribution in [0.5, 0.6) is 0 Å². The molecule has 0 aromatic heterocycles. The maximum atomic E-state index is 11.1. The van der Waals surface area contributed by atoms with Crippen LogP contribution in [0.15, 0.2) is 12.2 Å². The van der Waals surface area contributed by atoms with E-state index in [9.17, 15) is 43.2 Å². The van der Waals surface area contributed by atoms with Crippen molar-refractivity contribution >= 4 is 113 Å². The van der Waals surface area contributed by atoms with E-state index in [1.807, 2.05) is 0 Å². The molecule has 3 aliphatic heterocycles. The third-order valence-corrected chi connectivity index (χ3v) is 4.80. The number of amides is 7. The molecule has 26 heteroatoms. The number of imide groups is 3. The Bertz CT molecular complexity index is 1230. The zero-order valence-electron chi connectivity index (χ0n) is 29.2. The van der Waals surface area contributed by atoms with Gasteiger partial charge in [0.15, 0.2) is 13.2 Å². The van der Waals surface area contributed by atoms with Crippen molar-refractivity contribution < 1.29 is 80.5 Å². The van der Waals surface area contributed by atoms with Gasteiger partial charge in [-0.15, -0.1) is 17.9 Å². The second kappa shape index (κ2) is 40.3. The summed E-state index contributed by atoms with van der Waals surface area (Å²) in [6.45, 7) is -0.401. The SMILES string of the molecule is C.C.C.CNOCC(=O)NCCN1C(=O)C=CC1=O.CNOCC(=O)O.CNOCC(=O)ON1C(=O)CCC1=O.O=C1CCC(=O)N1O.[2H]C#C.[H+].[I][V]([I])[I]. The molecule has 0 unspecified atom stereocenters. The van der Waals surface area contributed by atoms with Crippen molar-refractivity contribution in [3.05, 3.63) is 12.2 Å². The van der Waals surface area contributed by atoms with E-state index in [-0.39, 0.29) is 110 Å². The fourth-order valence-corrected chi connectivity index (χ4v) is 2.76. The van der Waals surface area contributed by atoms with E-state index in [0.29, 0.717) is 5.06 Å². The van der Waals surface area contributed by atoms with Gasteiger partial charge in [0.2, 0.25) is 5.91 Å². The number of hydrogen-bond donors (Lipinski definition) is 6. The van der Waals surface area contributed by atoms with Gasteiger partial charge in [-0.05, 0) is 0 Å². The molecule has 7 amide bonds. The summed E-state index contributed by atoms with van der Waals surface area (Å²) in [6, 6.07) is 0. The number of carboxylic acids is 1. The van der Waals surface area contributed by atoms with Gasteiger partial charge in [-0.25, -0.2) is 26.0 Å². The van der Waals surface area contributed by atoms with Crippen molar-refractivity contribution in [3.8, 4) is 12.8 Å². The van der Waals surface area contributed by atoms with Gasteiger partial charge in [-0.1, -0.05) is 22.3 Å². The number of carbonyl (C=O) groups is 9. The number of carbonyl (C=O) groups excluding carboxylic acids is 8. The Labute approximate surface area is 354 Å². The summed E-state index contributed by atoms with van der Waals surface area (Å²) in [5.74, 6) is -4.83. The summed E-state index contributed by atoms with van der Waals surface area (Å²) in [7, 11) is 4.52. The van der Waals surface area contributed by atoms with E-state index >= 15 is 0 Å². The Morgan fingerprint density at radius 3 is 1.52 bits per heavy atom.